The summed E-state index contributed by atoms with van der Waals surface area (Å²) in [6.07, 6.45) is 3.90. The average Bonchev–Trinajstić information content (AvgIpc) is 3.41. The molecule has 0 radical (unpaired) electrons. The molecule has 2 aromatic rings. The van der Waals surface area contributed by atoms with Gasteiger partial charge in [-0.05, 0) is 80.6 Å². The molecule has 1 aliphatic rings. The summed E-state index contributed by atoms with van der Waals surface area (Å²) in [7, 11) is 1.30. The van der Waals surface area contributed by atoms with Crippen molar-refractivity contribution in [3.05, 3.63) is 66.7 Å². The van der Waals surface area contributed by atoms with Crippen LogP contribution >= 0.6 is 23.5 Å². The van der Waals surface area contributed by atoms with Gasteiger partial charge in [-0.3, -0.25) is 4.79 Å². The quantitative estimate of drug-likeness (QED) is 0.146. The number of thioether (sulfide) groups is 2. The van der Waals surface area contributed by atoms with Crippen molar-refractivity contribution in [2.24, 2.45) is 0 Å². The zero-order chi connectivity index (χ0) is 33.0. The second kappa shape index (κ2) is 17.2. The standard InChI is InChI=1S/C33H43N3O7S2/c1-7-16-42-31(39)36-21-25(45-32(40)43-33(2,3)4)19-24(36)20-34-23-13-14-26(22-11-9-8-10-12-22)27(18-23)29(37)35-28(15-17-44-6)30(38)41-5/h7-14,18,24-25,28,34H,1,15-17,19-21H2,2-6H3,(H,35,37)/t24-,25-,28-/m0/s1. The number of benzene rings is 2. The largest absolute Gasteiger partial charge is 0.467 e. The Morgan fingerprint density at radius 2 is 1.87 bits per heavy atom. The number of carbonyl (C=O) groups excluding carboxylic acids is 4. The highest BCUT2D eigenvalue weighted by Gasteiger charge is 2.38. The first-order chi connectivity index (χ1) is 21.4. The Bertz CT molecular complexity index is 1330. The number of nitrogens with zero attached hydrogens (tertiary/aromatic N) is 1. The first-order valence-corrected chi connectivity index (χ1v) is 17.0. The number of hydrogen-bond acceptors (Lipinski definition) is 10. The molecule has 1 saturated heterocycles. The van der Waals surface area contributed by atoms with Crippen LogP contribution < -0.4 is 10.6 Å². The Kier molecular flexibility index (Phi) is 13.7. The Morgan fingerprint density at radius 3 is 2.51 bits per heavy atom. The first kappa shape index (κ1) is 35.8. The molecule has 244 valence electrons. The fraction of sp³-hybridized carbons (Fsp3) is 0.455. The molecule has 3 rings (SSSR count). The highest BCUT2D eigenvalue weighted by Crippen LogP contribution is 2.32. The SMILES string of the molecule is C=CCOC(=O)N1C[C@@H](SC(=O)OC(C)(C)C)C[C@H]1CNc1ccc(-c2ccccc2)c(C(=O)N[C@@H](CCSC)C(=O)OC)c1. The van der Waals surface area contributed by atoms with Crippen molar-refractivity contribution < 1.29 is 33.4 Å². The smallest absolute Gasteiger partial charge is 0.410 e. The summed E-state index contributed by atoms with van der Waals surface area (Å²) in [5.41, 5.74) is 1.98. The van der Waals surface area contributed by atoms with E-state index in [9.17, 15) is 19.2 Å². The van der Waals surface area contributed by atoms with Crippen LogP contribution in [0.15, 0.2) is 61.2 Å². The van der Waals surface area contributed by atoms with Gasteiger partial charge in [-0.1, -0.05) is 49.1 Å². The van der Waals surface area contributed by atoms with Gasteiger partial charge >= 0.3 is 17.4 Å². The minimum Gasteiger partial charge on any atom is -0.467 e. The number of carbonyl (C=O) groups is 4. The van der Waals surface area contributed by atoms with E-state index < -0.39 is 34.9 Å². The van der Waals surface area contributed by atoms with Crippen LogP contribution in [0.4, 0.5) is 15.3 Å². The monoisotopic (exact) mass is 657 g/mol. The lowest BCUT2D eigenvalue weighted by molar-refractivity contribution is -0.142. The lowest BCUT2D eigenvalue weighted by Gasteiger charge is -2.24. The minimum absolute atomic E-state index is 0.0717. The minimum atomic E-state index is -0.789. The number of amides is 2. The summed E-state index contributed by atoms with van der Waals surface area (Å²) in [6.45, 7) is 9.77. The zero-order valence-corrected chi connectivity index (χ0v) is 28.1. The van der Waals surface area contributed by atoms with Crippen LogP contribution in [0.1, 0.15) is 44.0 Å². The predicted octanol–water partition coefficient (Wildman–Crippen LogP) is 6.22. The van der Waals surface area contributed by atoms with Crippen LogP contribution in [-0.2, 0) is 19.0 Å². The molecule has 10 nitrogen and oxygen atoms in total. The number of esters is 1. The number of likely N-dealkylation sites (tertiary alicyclic amines) is 1. The summed E-state index contributed by atoms with van der Waals surface area (Å²) in [4.78, 5) is 53.1. The van der Waals surface area contributed by atoms with Crippen molar-refractivity contribution in [1.29, 1.82) is 0 Å². The van der Waals surface area contributed by atoms with Gasteiger partial charge in [0.1, 0.15) is 18.2 Å². The van der Waals surface area contributed by atoms with Crippen LogP contribution in [0.2, 0.25) is 0 Å². The molecule has 2 amide bonds. The van der Waals surface area contributed by atoms with Crippen LogP contribution in [-0.4, -0.2) is 89.9 Å². The van der Waals surface area contributed by atoms with Gasteiger partial charge in [-0.2, -0.15) is 11.8 Å². The molecule has 0 bridgehead atoms. The van der Waals surface area contributed by atoms with E-state index in [1.165, 1.54) is 13.2 Å². The molecular formula is C33H43N3O7S2. The maximum absolute atomic E-state index is 13.7. The van der Waals surface area contributed by atoms with Crippen LogP contribution in [0.3, 0.4) is 0 Å². The fourth-order valence-corrected chi connectivity index (χ4v) is 6.40. The third-order valence-electron chi connectivity index (χ3n) is 6.88. The summed E-state index contributed by atoms with van der Waals surface area (Å²) < 4.78 is 15.7. The summed E-state index contributed by atoms with van der Waals surface area (Å²) in [6, 6.07) is 13.9. The zero-order valence-electron chi connectivity index (χ0n) is 26.5. The number of anilines is 1. The van der Waals surface area contributed by atoms with E-state index in [0.29, 0.717) is 48.5 Å². The van der Waals surface area contributed by atoms with Gasteiger partial charge in [0, 0.05) is 29.6 Å². The van der Waals surface area contributed by atoms with Gasteiger partial charge < -0.3 is 29.7 Å². The number of nitrogens with one attached hydrogen (secondary N) is 2. The molecule has 2 N–H and O–H groups in total. The van der Waals surface area contributed by atoms with Gasteiger partial charge in [-0.25, -0.2) is 14.4 Å². The highest BCUT2D eigenvalue weighted by molar-refractivity contribution is 8.13. The van der Waals surface area contributed by atoms with Crippen LogP contribution in [0.25, 0.3) is 11.1 Å². The van der Waals surface area contributed by atoms with E-state index in [1.54, 1.807) is 22.7 Å². The molecule has 2 aromatic carbocycles. The van der Waals surface area contributed by atoms with Gasteiger partial charge in [0.2, 0.25) is 0 Å². The van der Waals surface area contributed by atoms with Gasteiger partial charge in [0.15, 0.2) is 0 Å². The van der Waals surface area contributed by atoms with Crippen molar-refractivity contribution in [2.75, 3.05) is 44.1 Å². The lowest BCUT2D eigenvalue weighted by Crippen LogP contribution is -2.42. The molecule has 1 fully saturated rings. The number of hydrogen-bond donors (Lipinski definition) is 2. The van der Waals surface area contributed by atoms with E-state index in [2.05, 4.69) is 17.2 Å². The van der Waals surface area contributed by atoms with E-state index in [-0.39, 0.29) is 17.9 Å². The Balaban J connectivity index is 1.83. The third kappa shape index (κ3) is 11.0. The van der Waals surface area contributed by atoms with Gasteiger partial charge in [-0.15, -0.1) is 0 Å². The highest BCUT2D eigenvalue weighted by atomic mass is 32.2. The lowest BCUT2D eigenvalue weighted by atomic mass is 9.98. The van der Waals surface area contributed by atoms with Crippen LogP contribution in [0, 0.1) is 0 Å². The van der Waals surface area contributed by atoms with E-state index >= 15 is 0 Å². The second-order valence-corrected chi connectivity index (χ2v) is 13.7. The van der Waals surface area contributed by atoms with Crippen molar-refractivity contribution in [2.45, 2.75) is 56.5 Å². The Hall–Kier alpha value is -3.64. The third-order valence-corrected chi connectivity index (χ3v) is 8.47. The Labute approximate surface area is 274 Å². The molecule has 3 atom stereocenters. The molecule has 1 heterocycles. The average molecular weight is 658 g/mol. The molecule has 0 unspecified atom stereocenters. The van der Waals surface area contributed by atoms with Crippen molar-refractivity contribution in [3.63, 3.8) is 0 Å². The summed E-state index contributed by atoms with van der Waals surface area (Å²) >= 11 is 2.65. The van der Waals surface area contributed by atoms with Gasteiger partial charge in [0.25, 0.3) is 5.91 Å². The maximum atomic E-state index is 13.7. The van der Waals surface area contributed by atoms with Crippen molar-refractivity contribution in [1.82, 2.24) is 10.2 Å². The molecule has 1 aliphatic heterocycles. The van der Waals surface area contributed by atoms with Crippen molar-refractivity contribution in [3.8, 4) is 11.1 Å². The topological polar surface area (TPSA) is 123 Å². The van der Waals surface area contributed by atoms with E-state index in [0.717, 1.165) is 17.3 Å². The number of methoxy groups -OCH3 is 1. The fourth-order valence-electron chi connectivity index (χ4n) is 4.81. The molecule has 12 heteroatoms. The maximum Gasteiger partial charge on any atom is 0.410 e. The second-order valence-electron chi connectivity index (χ2n) is 11.4. The number of rotatable bonds is 13. The summed E-state index contributed by atoms with van der Waals surface area (Å²) in [5, 5.41) is 5.65. The first-order valence-electron chi connectivity index (χ1n) is 14.7. The van der Waals surface area contributed by atoms with E-state index in [1.807, 2.05) is 69.5 Å². The molecule has 0 spiro atoms. The van der Waals surface area contributed by atoms with Crippen molar-refractivity contribution >= 4 is 52.5 Å². The molecule has 0 aliphatic carbocycles. The van der Waals surface area contributed by atoms with E-state index in [4.69, 9.17) is 14.2 Å². The molecule has 0 aromatic heterocycles. The predicted molar refractivity (Wildman–Crippen MR) is 181 cm³/mol. The molecule has 0 saturated carbocycles. The Morgan fingerprint density at radius 1 is 1.13 bits per heavy atom. The normalized spacial score (nSPS) is 16.8. The summed E-state index contributed by atoms with van der Waals surface area (Å²) in [5.74, 6) is -0.234. The van der Waals surface area contributed by atoms with Gasteiger partial charge in [0.05, 0.1) is 13.2 Å². The molecule has 45 heavy (non-hydrogen) atoms. The number of ether oxygens (including phenoxy) is 3. The van der Waals surface area contributed by atoms with Crippen LogP contribution in [0.5, 0.6) is 0 Å². The molecular weight excluding hydrogens is 615 g/mol.